The zero-order chi connectivity index (χ0) is 15.7. The number of para-hydroxylation sites is 1. The maximum atomic E-state index is 11.5. The van der Waals surface area contributed by atoms with Crippen LogP contribution in [0.3, 0.4) is 0 Å². The van der Waals surface area contributed by atoms with Crippen LogP contribution < -0.4 is 20.9 Å². The second-order valence-corrected chi connectivity index (χ2v) is 4.84. The van der Waals surface area contributed by atoms with Gasteiger partial charge in [-0.1, -0.05) is 30.7 Å². The summed E-state index contributed by atoms with van der Waals surface area (Å²) in [6.45, 7) is 1.64. The molecule has 0 bridgehead atoms. The number of hydrogen-bond donors (Lipinski definition) is 3. The van der Waals surface area contributed by atoms with Crippen LogP contribution in [0.4, 0.5) is 0 Å². The summed E-state index contributed by atoms with van der Waals surface area (Å²) in [5, 5.41) is 2.87. The molecular formula is C13H16ClN3O3S. The highest BCUT2D eigenvalue weighted by Crippen LogP contribution is 2.22. The second-order valence-electron chi connectivity index (χ2n) is 4.02. The highest BCUT2D eigenvalue weighted by atomic mass is 35.5. The van der Waals surface area contributed by atoms with E-state index in [0.29, 0.717) is 23.6 Å². The SMILES string of the molecule is CCCC(=O)NC(=S)NNC(=O)COc1ccccc1Cl. The van der Waals surface area contributed by atoms with E-state index in [4.69, 9.17) is 28.6 Å². The Kier molecular flexibility index (Phi) is 7.49. The summed E-state index contributed by atoms with van der Waals surface area (Å²) in [5.41, 5.74) is 4.72. The van der Waals surface area contributed by atoms with Gasteiger partial charge in [-0.2, -0.15) is 0 Å². The number of nitrogens with one attached hydrogen (secondary N) is 3. The highest BCUT2D eigenvalue weighted by molar-refractivity contribution is 7.80. The van der Waals surface area contributed by atoms with Gasteiger partial charge in [0.1, 0.15) is 5.75 Å². The summed E-state index contributed by atoms with van der Waals surface area (Å²) >= 11 is 10.7. The molecule has 1 aromatic carbocycles. The molecular weight excluding hydrogens is 314 g/mol. The molecule has 1 aromatic rings. The minimum Gasteiger partial charge on any atom is -0.482 e. The molecule has 6 nitrogen and oxygen atoms in total. The predicted molar refractivity (Wildman–Crippen MR) is 83.9 cm³/mol. The zero-order valence-electron chi connectivity index (χ0n) is 11.4. The zero-order valence-corrected chi connectivity index (χ0v) is 13.0. The van der Waals surface area contributed by atoms with Gasteiger partial charge in [-0.15, -0.1) is 0 Å². The van der Waals surface area contributed by atoms with Gasteiger partial charge in [-0.05, 0) is 30.8 Å². The van der Waals surface area contributed by atoms with Gasteiger partial charge < -0.3 is 10.1 Å². The van der Waals surface area contributed by atoms with E-state index in [0.717, 1.165) is 0 Å². The molecule has 1 rings (SSSR count). The number of amides is 2. The van der Waals surface area contributed by atoms with Crippen LogP contribution in [-0.2, 0) is 9.59 Å². The van der Waals surface area contributed by atoms with Crippen molar-refractivity contribution in [3.05, 3.63) is 29.3 Å². The maximum absolute atomic E-state index is 11.5. The number of thiocarbonyl (C=S) groups is 1. The normalized spacial score (nSPS) is 9.62. The van der Waals surface area contributed by atoms with Gasteiger partial charge >= 0.3 is 0 Å². The van der Waals surface area contributed by atoms with E-state index in [1.807, 2.05) is 6.92 Å². The number of carbonyl (C=O) groups excluding carboxylic acids is 2. The van der Waals surface area contributed by atoms with Crippen LogP contribution in [0.1, 0.15) is 19.8 Å². The molecule has 0 unspecified atom stereocenters. The number of halogens is 1. The lowest BCUT2D eigenvalue weighted by atomic mass is 10.3. The molecule has 8 heteroatoms. The van der Waals surface area contributed by atoms with Crippen molar-refractivity contribution >= 4 is 40.7 Å². The average molecular weight is 330 g/mol. The van der Waals surface area contributed by atoms with E-state index in [9.17, 15) is 9.59 Å². The lowest BCUT2D eigenvalue weighted by molar-refractivity contribution is -0.124. The first kappa shape index (κ1) is 17.2. The van der Waals surface area contributed by atoms with Crippen LogP contribution in [0, 0.1) is 0 Å². The van der Waals surface area contributed by atoms with Crippen molar-refractivity contribution in [3.8, 4) is 5.75 Å². The Hall–Kier alpha value is -1.86. The van der Waals surface area contributed by atoms with Gasteiger partial charge in [-0.25, -0.2) is 0 Å². The van der Waals surface area contributed by atoms with Crippen LogP contribution in [0.25, 0.3) is 0 Å². The minimum absolute atomic E-state index is 0.0274. The average Bonchev–Trinajstić information content (AvgIpc) is 2.44. The van der Waals surface area contributed by atoms with Gasteiger partial charge in [-0.3, -0.25) is 20.4 Å². The van der Waals surface area contributed by atoms with Gasteiger partial charge in [0.2, 0.25) is 5.91 Å². The number of benzene rings is 1. The summed E-state index contributed by atoms with van der Waals surface area (Å²) in [7, 11) is 0. The Morgan fingerprint density at radius 3 is 2.62 bits per heavy atom. The highest BCUT2D eigenvalue weighted by Gasteiger charge is 2.07. The summed E-state index contributed by atoms with van der Waals surface area (Å²) in [6.07, 6.45) is 1.08. The fraction of sp³-hybridized carbons (Fsp3) is 0.308. The topological polar surface area (TPSA) is 79.5 Å². The third kappa shape index (κ3) is 6.92. The van der Waals surface area contributed by atoms with E-state index in [2.05, 4.69) is 16.2 Å². The van der Waals surface area contributed by atoms with E-state index in [1.54, 1.807) is 24.3 Å². The summed E-state index contributed by atoms with van der Waals surface area (Å²) in [5.74, 6) is -0.258. The van der Waals surface area contributed by atoms with Crippen molar-refractivity contribution in [3.63, 3.8) is 0 Å². The summed E-state index contributed by atoms with van der Waals surface area (Å²) < 4.78 is 5.24. The first-order chi connectivity index (χ1) is 10.0. The molecule has 0 aliphatic rings. The number of hydrogen-bond acceptors (Lipinski definition) is 4. The molecule has 0 heterocycles. The van der Waals surface area contributed by atoms with Crippen molar-refractivity contribution in [1.82, 2.24) is 16.2 Å². The van der Waals surface area contributed by atoms with Crippen molar-refractivity contribution in [2.75, 3.05) is 6.61 Å². The first-order valence-electron chi connectivity index (χ1n) is 6.29. The van der Waals surface area contributed by atoms with Crippen molar-refractivity contribution < 1.29 is 14.3 Å². The molecule has 0 saturated heterocycles. The molecule has 0 radical (unpaired) electrons. The largest absolute Gasteiger partial charge is 0.482 e. The minimum atomic E-state index is -0.456. The number of hydrazine groups is 1. The van der Waals surface area contributed by atoms with Crippen LogP contribution in [-0.4, -0.2) is 23.5 Å². The summed E-state index contributed by atoms with van der Waals surface area (Å²) in [4.78, 5) is 22.8. The molecule has 0 spiro atoms. The monoisotopic (exact) mass is 329 g/mol. The lowest BCUT2D eigenvalue weighted by Crippen LogP contribution is -2.49. The molecule has 0 fully saturated rings. The molecule has 2 amide bonds. The third-order valence-electron chi connectivity index (χ3n) is 2.24. The molecule has 114 valence electrons. The third-order valence-corrected chi connectivity index (χ3v) is 2.76. The van der Waals surface area contributed by atoms with Crippen molar-refractivity contribution in [2.45, 2.75) is 19.8 Å². The molecule has 3 N–H and O–H groups in total. The van der Waals surface area contributed by atoms with Crippen molar-refractivity contribution in [1.29, 1.82) is 0 Å². The summed E-state index contributed by atoms with van der Waals surface area (Å²) in [6, 6.07) is 6.81. The Balaban J connectivity index is 2.27. The molecule has 0 saturated carbocycles. The lowest BCUT2D eigenvalue weighted by Gasteiger charge is -2.11. The van der Waals surface area contributed by atoms with E-state index >= 15 is 0 Å². The van der Waals surface area contributed by atoms with Gasteiger partial charge in [0.15, 0.2) is 11.7 Å². The van der Waals surface area contributed by atoms with Crippen LogP contribution in [0.5, 0.6) is 5.75 Å². The van der Waals surface area contributed by atoms with Gasteiger partial charge in [0, 0.05) is 6.42 Å². The molecule has 21 heavy (non-hydrogen) atoms. The maximum Gasteiger partial charge on any atom is 0.276 e. The Morgan fingerprint density at radius 1 is 1.24 bits per heavy atom. The van der Waals surface area contributed by atoms with Crippen LogP contribution in [0.2, 0.25) is 5.02 Å². The predicted octanol–water partition coefficient (Wildman–Crippen LogP) is 1.54. The Labute approximate surface area is 133 Å². The smallest absolute Gasteiger partial charge is 0.276 e. The Morgan fingerprint density at radius 2 is 1.95 bits per heavy atom. The second kappa shape index (κ2) is 9.15. The van der Waals surface area contributed by atoms with Crippen LogP contribution >= 0.6 is 23.8 Å². The molecule has 0 aliphatic heterocycles. The van der Waals surface area contributed by atoms with E-state index in [-0.39, 0.29) is 17.6 Å². The fourth-order valence-corrected chi connectivity index (χ4v) is 1.67. The first-order valence-corrected chi connectivity index (χ1v) is 7.07. The number of rotatable bonds is 5. The van der Waals surface area contributed by atoms with E-state index < -0.39 is 5.91 Å². The number of carbonyl (C=O) groups is 2. The Bertz CT molecular complexity index is 525. The quantitative estimate of drug-likeness (QED) is 0.564. The molecule has 0 aliphatic carbocycles. The standard InChI is InChI=1S/C13H16ClN3O3S/c1-2-5-11(18)15-13(21)17-16-12(19)8-20-10-7-4-3-6-9(10)14/h3-4,6-7H,2,5,8H2,1H3,(H,16,19)(H2,15,17,18,21). The van der Waals surface area contributed by atoms with Crippen molar-refractivity contribution in [2.24, 2.45) is 0 Å². The van der Waals surface area contributed by atoms with E-state index in [1.165, 1.54) is 0 Å². The van der Waals surface area contributed by atoms with Crippen LogP contribution in [0.15, 0.2) is 24.3 Å². The molecule has 0 aromatic heterocycles. The molecule has 0 atom stereocenters. The van der Waals surface area contributed by atoms with Gasteiger partial charge in [0.05, 0.1) is 5.02 Å². The number of ether oxygens (including phenoxy) is 1. The fourth-order valence-electron chi connectivity index (χ4n) is 1.32. The van der Waals surface area contributed by atoms with Gasteiger partial charge in [0.25, 0.3) is 5.91 Å².